The van der Waals surface area contributed by atoms with E-state index in [0.717, 1.165) is 24.3 Å². The number of anilines is 3. The average molecular weight is 564 g/mol. The minimum Gasteiger partial charge on any atom is -0.452 e. The molecule has 0 radical (unpaired) electrons. The Hall–Kier alpha value is -3.85. The molecule has 8 nitrogen and oxygen atoms in total. The highest BCUT2D eigenvalue weighted by atomic mass is 32.2. The Balaban J connectivity index is 1.40. The molecule has 0 aliphatic carbocycles. The quantitative estimate of drug-likeness (QED) is 0.332. The van der Waals surface area contributed by atoms with Gasteiger partial charge in [-0.1, -0.05) is 45.0 Å². The molecule has 0 saturated carbocycles. The van der Waals surface area contributed by atoms with Gasteiger partial charge in [-0.3, -0.25) is 9.52 Å². The van der Waals surface area contributed by atoms with Gasteiger partial charge in [0.1, 0.15) is 0 Å². The first-order valence-corrected chi connectivity index (χ1v) is 15.0. The SMILES string of the molecule is Cc1ccc(C(C)(C)C)cc1S(=O)(=O)Nc1ccccc1C(=O)OCC(=O)Nc1ccc(N2CCCCC2)cc1. The molecule has 0 aromatic heterocycles. The normalized spacial score (nSPS) is 13.9. The van der Waals surface area contributed by atoms with E-state index in [2.05, 4.69) is 14.9 Å². The van der Waals surface area contributed by atoms with Crippen LogP contribution in [0.4, 0.5) is 17.1 Å². The lowest BCUT2D eigenvalue weighted by atomic mass is 9.87. The van der Waals surface area contributed by atoms with E-state index in [1.165, 1.54) is 31.4 Å². The Bertz CT molecular complexity index is 1470. The zero-order chi connectivity index (χ0) is 28.9. The predicted molar refractivity (Wildman–Crippen MR) is 159 cm³/mol. The maximum Gasteiger partial charge on any atom is 0.340 e. The molecule has 3 aromatic rings. The number of nitrogens with one attached hydrogen (secondary N) is 2. The Morgan fingerprint density at radius 3 is 2.27 bits per heavy atom. The molecule has 0 atom stereocenters. The number of para-hydroxylation sites is 1. The summed E-state index contributed by atoms with van der Waals surface area (Å²) >= 11 is 0. The molecule has 0 bridgehead atoms. The number of amides is 1. The molecule has 9 heteroatoms. The van der Waals surface area contributed by atoms with Gasteiger partial charge in [-0.15, -0.1) is 0 Å². The molecular weight excluding hydrogens is 526 g/mol. The molecule has 1 fully saturated rings. The number of piperidine rings is 1. The summed E-state index contributed by atoms with van der Waals surface area (Å²) in [7, 11) is -4.01. The highest BCUT2D eigenvalue weighted by Crippen LogP contribution is 2.29. The lowest BCUT2D eigenvalue weighted by Crippen LogP contribution is -2.29. The van der Waals surface area contributed by atoms with Crippen LogP contribution in [0, 0.1) is 6.92 Å². The number of ether oxygens (including phenoxy) is 1. The summed E-state index contributed by atoms with van der Waals surface area (Å²) in [4.78, 5) is 27.8. The topological polar surface area (TPSA) is 105 Å². The number of hydrogen-bond donors (Lipinski definition) is 2. The monoisotopic (exact) mass is 563 g/mol. The fraction of sp³-hybridized carbons (Fsp3) is 0.355. The fourth-order valence-corrected chi connectivity index (χ4v) is 5.97. The summed E-state index contributed by atoms with van der Waals surface area (Å²) in [6, 6.07) is 19.1. The van der Waals surface area contributed by atoms with Crippen molar-refractivity contribution in [2.24, 2.45) is 0 Å². The number of carbonyl (C=O) groups is 2. The van der Waals surface area contributed by atoms with Gasteiger partial charge in [-0.05, 0) is 85.2 Å². The second-order valence-electron chi connectivity index (χ2n) is 11.1. The van der Waals surface area contributed by atoms with Gasteiger partial charge in [0.2, 0.25) is 0 Å². The Morgan fingerprint density at radius 1 is 0.925 bits per heavy atom. The molecule has 2 N–H and O–H groups in total. The number of hydrogen-bond acceptors (Lipinski definition) is 6. The van der Waals surface area contributed by atoms with E-state index in [-0.39, 0.29) is 21.6 Å². The smallest absolute Gasteiger partial charge is 0.340 e. The highest BCUT2D eigenvalue weighted by Gasteiger charge is 2.24. The van der Waals surface area contributed by atoms with Crippen molar-refractivity contribution in [3.8, 4) is 0 Å². The number of esters is 1. The molecule has 212 valence electrons. The third-order valence-corrected chi connectivity index (χ3v) is 8.45. The molecule has 1 heterocycles. The van der Waals surface area contributed by atoms with Gasteiger partial charge in [0.15, 0.2) is 6.61 Å². The van der Waals surface area contributed by atoms with E-state index in [1.54, 1.807) is 31.2 Å². The van der Waals surface area contributed by atoms with E-state index in [4.69, 9.17) is 4.74 Å². The van der Waals surface area contributed by atoms with Gasteiger partial charge in [0.25, 0.3) is 15.9 Å². The van der Waals surface area contributed by atoms with E-state index in [9.17, 15) is 18.0 Å². The second kappa shape index (κ2) is 12.1. The largest absolute Gasteiger partial charge is 0.452 e. The van der Waals surface area contributed by atoms with Crippen molar-refractivity contribution < 1.29 is 22.7 Å². The van der Waals surface area contributed by atoms with Crippen molar-refractivity contribution in [3.05, 3.63) is 83.4 Å². The lowest BCUT2D eigenvalue weighted by Gasteiger charge is -2.28. The number of carbonyl (C=O) groups excluding carboxylic acids is 2. The van der Waals surface area contributed by atoms with Crippen LogP contribution in [-0.2, 0) is 25.0 Å². The maximum atomic E-state index is 13.3. The summed E-state index contributed by atoms with van der Waals surface area (Å²) in [5.41, 5.74) is 3.01. The van der Waals surface area contributed by atoms with Crippen molar-refractivity contribution >= 4 is 39.0 Å². The minimum absolute atomic E-state index is 0.00869. The second-order valence-corrected chi connectivity index (χ2v) is 12.8. The summed E-state index contributed by atoms with van der Waals surface area (Å²) in [5.74, 6) is -1.30. The van der Waals surface area contributed by atoms with E-state index >= 15 is 0 Å². The molecule has 1 saturated heterocycles. The van der Waals surface area contributed by atoms with Gasteiger partial charge in [-0.25, -0.2) is 13.2 Å². The molecule has 1 aliphatic rings. The molecule has 1 aliphatic heterocycles. The van der Waals surface area contributed by atoms with Crippen molar-refractivity contribution in [2.75, 3.05) is 34.6 Å². The standard InChI is InChI=1S/C31H37N3O5S/c1-22-12-13-23(31(2,3)4)20-28(22)40(37,38)33-27-11-7-6-10-26(27)30(36)39-21-29(35)32-24-14-16-25(17-15-24)34-18-8-5-9-19-34/h6-7,10-17,20,33H,5,8-9,18-19,21H2,1-4H3,(H,32,35). The highest BCUT2D eigenvalue weighted by molar-refractivity contribution is 7.92. The molecule has 4 rings (SSSR count). The first kappa shape index (κ1) is 29.1. The minimum atomic E-state index is -4.01. The zero-order valence-corrected chi connectivity index (χ0v) is 24.3. The summed E-state index contributed by atoms with van der Waals surface area (Å²) in [5, 5.41) is 2.73. The number of sulfonamides is 1. The van der Waals surface area contributed by atoms with Gasteiger partial charge >= 0.3 is 5.97 Å². The molecule has 0 unspecified atom stereocenters. The Morgan fingerprint density at radius 2 is 1.60 bits per heavy atom. The van der Waals surface area contributed by atoms with Gasteiger partial charge in [0, 0.05) is 24.5 Å². The van der Waals surface area contributed by atoms with Gasteiger partial charge in [0.05, 0.1) is 16.1 Å². The molecule has 1 amide bonds. The van der Waals surface area contributed by atoms with Crippen LogP contribution in [0.2, 0.25) is 0 Å². The molecule has 40 heavy (non-hydrogen) atoms. The third-order valence-electron chi connectivity index (χ3n) is 6.94. The van der Waals surface area contributed by atoms with E-state index in [1.807, 2.05) is 51.1 Å². The van der Waals surface area contributed by atoms with Crippen LogP contribution in [0.3, 0.4) is 0 Å². The third kappa shape index (κ3) is 7.21. The van der Waals surface area contributed by atoms with Gasteiger partial charge in [-0.2, -0.15) is 0 Å². The van der Waals surface area contributed by atoms with E-state index < -0.39 is 28.5 Å². The van der Waals surface area contributed by atoms with Crippen LogP contribution in [0.15, 0.2) is 71.6 Å². The average Bonchev–Trinajstić information content (AvgIpc) is 2.92. The maximum absolute atomic E-state index is 13.3. The Kier molecular flexibility index (Phi) is 8.83. The number of aryl methyl sites for hydroxylation is 1. The Labute approximate surface area is 236 Å². The van der Waals surface area contributed by atoms with Gasteiger partial charge < -0.3 is 15.0 Å². The lowest BCUT2D eigenvalue weighted by molar-refractivity contribution is -0.119. The van der Waals surface area contributed by atoms with Crippen LogP contribution < -0.4 is 14.9 Å². The van der Waals surface area contributed by atoms with Crippen molar-refractivity contribution in [2.45, 2.75) is 57.3 Å². The molecule has 3 aromatic carbocycles. The number of rotatable bonds is 8. The number of nitrogens with zero attached hydrogens (tertiary/aromatic N) is 1. The van der Waals surface area contributed by atoms with Crippen LogP contribution in [0.25, 0.3) is 0 Å². The van der Waals surface area contributed by atoms with Crippen LogP contribution in [0.1, 0.15) is 61.5 Å². The molecular formula is C31H37N3O5S. The summed E-state index contributed by atoms with van der Waals surface area (Å²) in [6.45, 7) is 9.29. The van der Waals surface area contributed by atoms with Crippen LogP contribution in [0.5, 0.6) is 0 Å². The zero-order valence-electron chi connectivity index (χ0n) is 23.5. The van der Waals surface area contributed by atoms with Crippen molar-refractivity contribution in [1.29, 1.82) is 0 Å². The van der Waals surface area contributed by atoms with E-state index in [0.29, 0.717) is 11.3 Å². The van der Waals surface area contributed by atoms with Crippen molar-refractivity contribution in [3.63, 3.8) is 0 Å². The predicted octanol–water partition coefficient (Wildman–Crippen LogP) is 5.88. The number of benzene rings is 3. The van der Waals surface area contributed by atoms with Crippen LogP contribution in [-0.4, -0.2) is 40.0 Å². The summed E-state index contributed by atoms with van der Waals surface area (Å²) < 4.78 is 34.4. The first-order valence-electron chi connectivity index (χ1n) is 13.5. The summed E-state index contributed by atoms with van der Waals surface area (Å²) in [6.07, 6.45) is 3.61. The fourth-order valence-electron chi connectivity index (χ4n) is 4.62. The van der Waals surface area contributed by atoms with Crippen LogP contribution >= 0.6 is 0 Å². The first-order chi connectivity index (χ1) is 18.9. The molecule has 0 spiro atoms. The van der Waals surface area contributed by atoms with Crippen molar-refractivity contribution in [1.82, 2.24) is 0 Å².